The number of amides is 2. The Morgan fingerprint density at radius 1 is 0.960 bits per heavy atom. The number of hydrogen-bond acceptors (Lipinski definition) is 3. The van der Waals surface area contributed by atoms with E-state index in [0.29, 0.717) is 6.04 Å². The lowest BCUT2D eigenvalue weighted by atomic mass is 9.91. The van der Waals surface area contributed by atoms with Gasteiger partial charge in [0.2, 0.25) is 0 Å². The fraction of sp³-hybridized carbons (Fsp3) is 0.737. The van der Waals surface area contributed by atoms with E-state index in [-0.39, 0.29) is 23.7 Å². The van der Waals surface area contributed by atoms with Gasteiger partial charge in [0, 0.05) is 18.2 Å². The Morgan fingerprint density at radius 2 is 1.56 bits per heavy atom. The van der Waals surface area contributed by atoms with E-state index in [0.717, 1.165) is 44.2 Å². The molecule has 2 aliphatic carbocycles. The minimum atomic E-state index is -0.0342. The number of rotatable bonds is 3. The van der Waals surface area contributed by atoms with Gasteiger partial charge in [0.1, 0.15) is 0 Å². The van der Waals surface area contributed by atoms with E-state index in [1.807, 2.05) is 6.92 Å². The number of carbonyl (C=O) groups is 1. The molecule has 1 heterocycles. The van der Waals surface area contributed by atoms with Crippen molar-refractivity contribution < 1.29 is 4.79 Å². The van der Waals surface area contributed by atoms with Gasteiger partial charge >= 0.3 is 6.03 Å². The van der Waals surface area contributed by atoms with Crippen molar-refractivity contribution in [3.05, 3.63) is 28.2 Å². The molecule has 0 radical (unpaired) electrons. The van der Waals surface area contributed by atoms with Gasteiger partial charge in [-0.15, -0.1) is 0 Å². The lowest BCUT2D eigenvalue weighted by Crippen LogP contribution is -2.47. The largest absolute Gasteiger partial charge is 0.335 e. The maximum atomic E-state index is 12.3. The molecule has 3 rings (SSSR count). The molecule has 0 aromatic carbocycles. The highest BCUT2D eigenvalue weighted by molar-refractivity contribution is 5.74. The molecule has 2 amide bonds. The second kappa shape index (κ2) is 8.50. The first kappa shape index (κ1) is 18.0. The summed E-state index contributed by atoms with van der Waals surface area (Å²) in [5, 5.41) is 10.6. The lowest BCUT2D eigenvalue weighted by molar-refractivity contribution is 0.219. The summed E-state index contributed by atoms with van der Waals surface area (Å²) in [6.07, 6.45) is 10.8. The molecule has 0 bridgehead atoms. The maximum Gasteiger partial charge on any atom is 0.315 e. The standard InChI is InChI=1S/C19H30N4O2/c1-14-8-13-18(24)23(22-14)17-11-9-16(10-12-17)21-19(25)20-15-6-4-2-3-5-7-15/h8,13,15-17H,2-7,9-12H2,1H3,(H2,20,21,25). The summed E-state index contributed by atoms with van der Waals surface area (Å²) in [5.41, 5.74) is 0.829. The summed E-state index contributed by atoms with van der Waals surface area (Å²) in [6.45, 7) is 1.90. The van der Waals surface area contributed by atoms with Crippen LogP contribution in [-0.2, 0) is 0 Å². The Kier molecular flexibility index (Phi) is 6.10. The number of nitrogens with zero attached hydrogens (tertiary/aromatic N) is 2. The predicted octanol–water partition coefficient (Wildman–Crippen LogP) is 3.06. The maximum absolute atomic E-state index is 12.3. The van der Waals surface area contributed by atoms with Crippen LogP contribution in [0.5, 0.6) is 0 Å². The van der Waals surface area contributed by atoms with Gasteiger partial charge in [0.25, 0.3) is 5.56 Å². The molecular weight excluding hydrogens is 316 g/mol. The molecule has 0 aliphatic heterocycles. The minimum Gasteiger partial charge on any atom is -0.335 e. The zero-order valence-electron chi connectivity index (χ0n) is 15.2. The summed E-state index contributed by atoms with van der Waals surface area (Å²) >= 11 is 0. The summed E-state index contributed by atoms with van der Waals surface area (Å²) < 4.78 is 1.62. The van der Waals surface area contributed by atoms with E-state index in [1.54, 1.807) is 16.8 Å². The van der Waals surface area contributed by atoms with E-state index in [4.69, 9.17) is 0 Å². The Morgan fingerprint density at radius 3 is 2.20 bits per heavy atom. The Bertz CT molecular complexity index is 627. The van der Waals surface area contributed by atoms with Crippen LogP contribution in [0.1, 0.15) is 75.9 Å². The molecule has 1 aromatic heterocycles. The molecule has 0 saturated heterocycles. The SMILES string of the molecule is Cc1ccc(=O)n(C2CCC(NC(=O)NC3CCCCCC3)CC2)n1. The second-order valence-corrected chi connectivity index (χ2v) is 7.57. The first-order valence-corrected chi connectivity index (χ1v) is 9.75. The molecule has 0 unspecified atom stereocenters. The monoisotopic (exact) mass is 346 g/mol. The first-order valence-electron chi connectivity index (χ1n) is 9.75. The fourth-order valence-electron chi connectivity index (χ4n) is 4.08. The zero-order valence-corrected chi connectivity index (χ0v) is 15.2. The molecule has 6 heteroatoms. The van der Waals surface area contributed by atoms with Gasteiger partial charge in [-0.3, -0.25) is 4.79 Å². The Hall–Kier alpha value is -1.85. The minimum absolute atomic E-state index is 0.0267. The van der Waals surface area contributed by atoms with Crippen LogP contribution in [-0.4, -0.2) is 27.9 Å². The van der Waals surface area contributed by atoms with Crippen LogP contribution in [0.3, 0.4) is 0 Å². The molecule has 2 fully saturated rings. The van der Waals surface area contributed by atoms with Crippen LogP contribution < -0.4 is 16.2 Å². The van der Waals surface area contributed by atoms with Crippen LogP contribution in [0.25, 0.3) is 0 Å². The fourth-order valence-corrected chi connectivity index (χ4v) is 4.08. The second-order valence-electron chi connectivity index (χ2n) is 7.57. The highest BCUT2D eigenvalue weighted by atomic mass is 16.2. The quantitative estimate of drug-likeness (QED) is 0.826. The first-order chi connectivity index (χ1) is 12.1. The van der Waals surface area contributed by atoms with E-state index in [1.165, 1.54) is 25.7 Å². The van der Waals surface area contributed by atoms with Crippen molar-refractivity contribution in [2.45, 2.75) is 89.3 Å². The highest BCUT2D eigenvalue weighted by Crippen LogP contribution is 2.27. The third kappa shape index (κ3) is 5.06. The molecule has 1 aromatic rings. The predicted molar refractivity (Wildman–Crippen MR) is 97.7 cm³/mol. The number of aromatic nitrogens is 2. The van der Waals surface area contributed by atoms with E-state index in [2.05, 4.69) is 15.7 Å². The van der Waals surface area contributed by atoms with Gasteiger partial charge in [-0.2, -0.15) is 5.10 Å². The number of urea groups is 1. The van der Waals surface area contributed by atoms with E-state index < -0.39 is 0 Å². The van der Waals surface area contributed by atoms with E-state index >= 15 is 0 Å². The van der Waals surface area contributed by atoms with Crippen LogP contribution >= 0.6 is 0 Å². The van der Waals surface area contributed by atoms with Gasteiger partial charge in [-0.1, -0.05) is 25.7 Å². The third-order valence-electron chi connectivity index (χ3n) is 5.53. The summed E-state index contributed by atoms with van der Waals surface area (Å²) in [6, 6.07) is 3.99. The Labute approximate surface area is 149 Å². The van der Waals surface area contributed by atoms with Crippen molar-refractivity contribution in [2.24, 2.45) is 0 Å². The topological polar surface area (TPSA) is 76.0 Å². The summed E-state index contributed by atoms with van der Waals surface area (Å²) in [5.74, 6) is 0. The molecule has 2 N–H and O–H groups in total. The Balaban J connectivity index is 1.46. The average molecular weight is 346 g/mol. The molecule has 138 valence electrons. The van der Waals surface area contributed by atoms with E-state index in [9.17, 15) is 9.59 Å². The molecule has 0 spiro atoms. The number of hydrogen-bond donors (Lipinski definition) is 2. The van der Waals surface area contributed by atoms with Crippen molar-refractivity contribution in [3.63, 3.8) is 0 Å². The summed E-state index contributed by atoms with van der Waals surface area (Å²) in [7, 11) is 0. The van der Waals surface area contributed by atoms with Crippen LogP contribution in [0.4, 0.5) is 4.79 Å². The molecule has 6 nitrogen and oxygen atoms in total. The van der Waals surface area contributed by atoms with Crippen molar-refractivity contribution in [1.29, 1.82) is 0 Å². The van der Waals surface area contributed by atoms with Gasteiger partial charge in [0.15, 0.2) is 0 Å². The van der Waals surface area contributed by atoms with Crippen molar-refractivity contribution >= 4 is 6.03 Å². The van der Waals surface area contributed by atoms with Crippen molar-refractivity contribution in [1.82, 2.24) is 20.4 Å². The van der Waals surface area contributed by atoms with Gasteiger partial charge in [-0.25, -0.2) is 9.48 Å². The van der Waals surface area contributed by atoms with Gasteiger partial charge in [0.05, 0.1) is 11.7 Å². The summed E-state index contributed by atoms with van der Waals surface area (Å²) in [4.78, 5) is 24.3. The number of nitrogens with one attached hydrogen (secondary N) is 2. The molecule has 25 heavy (non-hydrogen) atoms. The molecule has 0 atom stereocenters. The molecular formula is C19H30N4O2. The van der Waals surface area contributed by atoms with Gasteiger partial charge < -0.3 is 10.6 Å². The van der Waals surface area contributed by atoms with Gasteiger partial charge in [-0.05, 0) is 51.5 Å². The molecule has 2 saturated carbocycles. The van der Waals surface area contributed by atoms with Crippen LogP contribution in [0.15, 0.2) is 16.9 Å². The lowest BCUT2D eigenvalue weighted by Gasteiger charge is -2.30. The van der Waals surface area contributed by atoms with Crippen molar-refractivity contribution in [2.75, 3.05) is 0 Å². The van der Waals surface area contributed by atoms with Crippen LogP contribution in [0, 0.1) is 6.92 Å². The third-order valence-corrected chi connectivity index (χ3v) is 5.53. The van der Waals surface area contributed by atoms with Crippen LogP contribution in [0.2, 0.25) is 0 Å². The van der Waals surface area contributed by atoms with Crippen molar-refractivity contribution in [3.8, 4) is 0 Å². The number of aryl methyl sites for hydroxylation is 1. The highest BCUT2D eigenvalue weighted by Gasteiger charge is 2.25. The number of carbonyl (C=O) groups excluding carboxylic acids is 1. The smallest absolute Gasteiger partial charge is 0.315 e. The molecule has 2 aliphatic rings. The normalized spacial score (nSPS) is 25.2. The average Bonchev–Trinajstić information content (AvgIpc) is 2.86. The zero-order chi connectivity index (χ0) is 17.6.